The number of carbonyl (C=O) groups is 1. The average Bonchev–Trinajstić information content (AvgIpc) is 3.35. The lowest BCUT2D eigenvalue weighted by molar-refractivity contribution is 0.0734. The Hall–Kier alpha value is -2.63. The minimum absolute atomic E-state index is 0. The van der Waals surface area contributed by atoms with Gasteiger partial charge in [-0.2, -0.15) is 5.10 Å². The highest BCUT2D eigenvalue weighted by atomic mass is 35.5. The van der Waals surface area contributed by atoms with Gasteiger partial charge in [0.1, 0.15) is 0 Å². The van der Waals surface area contributed by atoms with Gasteiger partial charge in [0.05, 0.1) is 5.69 Å². The molecule has 1 aliphatic carbocycles. The normalized spacial score (nSPS) is 12.3. The van der Waals surface area contributed by atoms with Crippen molar-refractivity contribution in [3.8, 4) is 5.69 Å². The van der Waals surface area contributed by atoms with Gasteiger partial charge in [0.25, 0.3) is 5.91 Å². The Morgan fingerprint density at radius 3 is 2.41 bits per heavy atom. The average molecular weight is 411 g/mol. The predicted octanol–water partition coefficient (Wildman–Crippen LogP) is 3.77. The number of para-hydroxylation sites is 1. The highest BCUT2D eigenvalue weighted by molar-refractivity contribution is 5.94. The Morgan fingerprint density at radius 2 is 1.72 bits per heavy atom. The SMILES string of the molecule is Cl.NCCCN(Cc1ccccc1)C(=O)c1nn(-c2ccccc2)c2c1CCC2. The van der Waals surface area contributed by atoms with Crippen LogP contribution in [0.4, 0.5) is 0 Å². The number of hydrogen-bond donors (Lipinski definition) is 1. The van der Waals surface area contributed by atoms with E-state index < -0.39 is 0 Å². The van der Waals surface area contributed by atoms with Gasteiger partial charge in [-0.15, -0.1) is 12.4 Å². The van der Waals surface area contributed by atoms with Crippen LogP contribution in [0.2, 0.25) is 0 Å². The second-order valence-corrected chi connectivity index (χ2v) is 7.23. The van der Waals surface area contributed by atoms with Gasteiger partial charge < -0.3 is 10.6 Å². The standard InChI is InChI=1S/C23H26N4O.ClH/c24-15-8-16-26(17-18-9-3-1-4-10-18)23(28)22-20-13-7-14-21(20)27(25-22)19-11-5-2-6-12-19;/h1-6,9-12H,7-8,13-17,24H2;1H. The van der Waals surface area contributed by atoms with Crippen molar-refractivity contribution in [2.24, 2.45) is 5.73 Å². The van der Waals surface area contributed by atoms with Gasteiger partial charge in [-0.3, -0.25) is 4.79 Å². The second-order valence-electron chi connectivity index (χ2n) is 7.23. The molecule has 6 heteroatoms. The summed E-state index contributed by atoms with van der Waals surface area (Å²) in [6.45, 7) is 1.78. The van der Waals surface area contributed by atoms with Gasteiger partial charge in [0.15, 0.2) is 5.69 Å². The summed E-state index contributed by atoms with van der Waals surface area (Å²) < 4.78 is 1.96. The van der Waals surface area contributed by atoms with E-state index in [1.54, 1.807) is 0 Å². The molecular weight excluding hydrogens is 384 g/mol. The molecule has 4 rings (SSSR count). The summed E-state index contributed by atoms with van der Waals surface area (Å²) in [4.78, 5) is 15.4. The molecule has 0 radical (unpaired) electrons. The third-order valence-corrected chi connectivity index (χ3v) is 5.27. The van der Waals surface area contributed by atoms with Gasteiger partial charge in [0.2, 0.25) is 0 Å². The van der Waals surface area contributed by atoms with Crippen molar-refractivity contribution in [1.29, 1.82) is 0 Å². The van der Waals surface area contributed by atoms with Crippen molar-refractivity contribution in [3.05, 3.63) is 83.2 Å². The van der Waals surface area contributed by atoms with Crippen LogP contribution < -0.4 is 5.73 Å². The van der Waals surface area contributed by atoms with Gasteiger partial charge in [-0.05, 0) is 49.9 Å². The zero-order valence-electron chi connectivity index (χ0n) is 16.5. The van der Waals surface area contributed by atoms with E-state index in [0.29, 0.717) is 25.3 Å². The molecule has 0 fully saturated rings. The van der Waals surface area contributed by atoms with Crippen LogP contribution in [0.25, 0.3) is 5.69 Å². The van der Waals surface area contributed by atoms with E-state index in [0.717, 1.165) is 42.5 Å². The lowest BCUT2D eigenvalue weighted by atomic mass is 10.1. The Labute approximate surface area is 177 Å². The molecule has 1 heterocycles. The van der Waals surface area contributed by atoms with Gasteiger partial charge in [-0.25, -0.2) is 4.68 Å². The molecule has 29 heavy (non-hydrogen) atoms. The zero-order chi connectivity index (χ0) is 19.3. The third-order valence-electron chi connectivity index (χ3n) is 5.27. The number of benzene rings is 2. The van der Waals surface area contributed by atoms with Crippen LogP contribution in [0.1, 0.15) is 40.2 Å². The Kier molecular flexibility index (Phi) is 7.07. The summed E-state index contributed by atoms with van der Waals surface area (Å²) in [7, 11) is 0. The van der Waals surface area contributed by atoms with E-state index in [2.05, 4.69) is 12.1 Å². The minimum atomic E-state index is 0. The lowest BCUT2D eigenvalue weighted by Crippen LogP contribution is -2.33. The summed E-state index contributed by atoms with van der Waals surface area (Å²) >= 11 is 0. The van der Waals surface area contributed by atoms with Crippen LogP contribution in [0.3, 0.4) is 0 Å². The van der Waals surface area contributed by atoms with Crippen LogP contribution in [0, 0.1) is 0 Å². The van der Waals surface area contributed by atoms with Crippen LogP contribution in [-0.4, -0.2) is 33.7 Å². The number of nitrogens with zero attached hydrogens (tertiary/aromatic N) is 3. The number of amides is 1. The summed E-state index contributed by atoms with van der Waals surface area (Å²) in [5, 5.41) is 4.77. The first-order valence-corrected chi connectivity index (χ1v) is 9.97. The Bertz CT molecular complexity index is 940. The van der Waals surface area contributed by atoms with Crippen molar-refractivity contribution < 1.29 is 4.79 Å². The first kappa shape index (κ1) is 21.1. The summed E-state index contributed by atoms with van der Waals surface area (Å²) in [6, 6.07) is 20.2. The molecule has 1 aliphatic rings. The molecule has 5 nitrogen and oxygen atoms in total. The van der Waals surface area contributed by atoms with Crippen molar-refractivity contribution in [2.75, 3.05) is 13.1 Å². The molecule has 0 unspecified atom stereocenters. The first-order valence-electron chi connectivity index (χ1n) is 9.97. The molecule has 1 amide bonds. The third kappa shape index (κ3) is 4.52. The van der Waals surface area contributed by atoms with E-state index in [1.807, 2.05) is 58.1 Å². The van der Waals surface area contributed by atoms with Gasteiger partial charge in [0, 0.05) is 24.3 Å². The van der Waals surface area contributed by atoms with E-state index >= 15 is 0 Å². The molecule has 152 valence electrons. The highest BCUT2D eigenvalue weighted by Crippen LogP contribution is 2.29. The molecule has 2 N–H and O–H groups in total. The summed E-state index contributed by atoms with van der Waals surface area (Å²) in [5.41, 5.74) is 10.7. The Balaban J connectivity index is 0.00000240. The zero-order valence-corrected chi connectivity index (χ0v) is 17.3. The minimum Gasteiger partial charge on any atom is -0.333 e. The first-order chi connectivity index (χ1) is 13.8. The van der Waals surface area contributed by atoms with E-state index in [9.17, 15) is 4.79 Å². The number of hydrogen-bond acceptors (Lipinski definition) is 3. The molecule has 0 saturated carbocycles. The number of carbonyl (C=O) groups excluding carboxylic acids is 1. The fourth-order valence-electron chi connectivity index (χ4n) is 3.88. The smallest absolute Gasteiger partial charge is 0.274 e. The second kappa shape index (κ2) is 9.72. The fraction of sp³-hybridized carbons (Fsp3) is 0.304. The van der Waals surface area contributed by atoms with E-state index in [4.69, 9.17) is 10.8 Å². The van der Waals surface area contributed by atoms with Crippen molar-refractivity contribution in [3.63, 3.8) is 0 Å². The van der Waals surface area contributed by atoms with Crippen LogP contribution >= 0.6 is 12.4 Å². The van der Waals surface area contributed by atoms with E-state index in [-0.39, 0.29) is 18.3 Å². The number of halogens is 1. The topological polar surface area (TPSA) is 64.2 Å². The molecule has 0 spiro atoms. The summed E-state index contributed by atoms with van der Waals surface area (Å²) in [6.07, 6.45) is 3.73. The van der Waals surface area contributed by atoms with E-state index in [1.165, 1.54) is 5.69 Å². The number of nitrogens with two attached hydrogens (primary N) is 1. The predicted molar refractivity (Wildman–Crippen MR) is 118 cm³/mol. The molecule has 1 aromatic heterocycles. The molecule has 0 aliphatic heterocycles. The number of aromatic nitrogens is 2. The summed E-state index contributed by atoms with van der Waals surface area (Å²) in [5.74, 6) is 0.00475. The van der Waals surface area contributed by atoms with Crippen molar-refractivity contribution in [1.82, 2.24) is 14.7 Å². The Morgan fingerprint density at radius 1 is 1.03 bits per heavy atom. The molecule has 2 aromatic carbocycles. The largest absolute Gasteiger partial charge is 0.333 e. The maximum Gasteiger partial charge on any atom is 0.274 e. The molecule has 3 aromatic rings. The molecule has 0 atom stereocenters. The lowest BCUT2D eigenvalue weighted by Gasteiger charge is -2.22. The quantitative estimate of drug-likeness (QED) is 0.644. The van der Waals surface area contributed by atoms with Crippen molar-refractivity contribution in [2.45, 2.75) is 32.2 Å². The number of fused-ring (bicyclic) bond motifs is 1. The maximum atomic E-state index is 13.5. The van der Waals surface area contributed by atoms with Gasteiger partial charge >= 0.3 is 0 Å². The van der Waals surface area contributed by atoms with Crippen LogP contribution in [0.5, 0.6) is 0 Å². The molecular formula is C23H27ClN4O. The molecule has 0 saturated heterocycles. The fourth-order valence-corrected chi connectivity index (χ4v) is 3.88. The van der Waals surface area contributed by atoms with Crippen LogP contribution in [-0.2, 0) is 19.4 Å². The van der Waals surface area contributed by atoms with Crippen molar-refractivity contribution >= 4 is 18.3 Å². The number of rotatable bonds is 7. The molecule has 0 bridgehead atoms. The maximum absolute atomic E-state index is 13.5. The van der Waals surface area contributed by atoms with Crippen LogP contribution in [0.15, 0.2) is 60.7 Å². The highest BCUT2D eigenvalue weighted by Gasteiger charge is 2.29. The van der Waals surface area contributed by atoms with Gasteiger partial charge in [-0.1, -0.05) is 48.5 Å². The monoisotopic (exact) mass is 410 g/mol.